The number of hydrogen-bond acceptors (Lipinski definition) is 4. The Labute approximate surface area is 245 Å². The molecule has 0 saturated heterocycles. The molecule has 2 aromatic carbocycles. The largest absolute Gasteiger partial charge is 0.420 e. The minimum atomic E-state index is -2.30. The van der Waals surface area contributed by atoms with Gasteiger partial charge in [0.2, 0.25) is 34.8 Å². The standard InChI is InChI=1S/C22H36N2.C8H3F5O2.C2H4O/c1-4-5-6-7-8-9-10-13-16-24-18-20(17-19(2)23-3)21-14-11-12-15-22(21)24;1-2(14)15-8-6(12)4(10)3(9)5(11)7(8)13;1-2-3/h11-12,14-15,18-19,23H,4-10,13,16-17H2,1-3H3;1H3;2H,1H3. The molecule has 0 aliphatic carbocycles. The van der Waals surface area contributed by atoms with Gasteiger partial charge in [-0.1, -0.05) is 70.1 Å². The van der Waals surface area contributed by atoms with Gasteiger partial charge in [-0.2, -0.15) is 8.78 Å². The molecule has 0 saturated carbocycles. The van der Waals surface area contributed by atoms with Crippen molar-refractivity contribution < 1.29 is 36.3 Å². The number of nitrogens with one attached hydrogen (secondary N) is 1. The Kier molecular flexibility index (Phi) is 17.3. The minimum absolute atomic E-state index is 0.521. The molecule has 234 valence electrons. The third kappa shape index (κ3) is 11.5. The fourth-order valence-corrected chi connectivity index (χ4v) is 4.34. The van der Waals surface area contributed by atoms with Crippen molar-refractivity contribution in [3.63, 3.8) is 0 Å². The maximum Gasteiger partial charge on any atom is 0.308 e. The minimum Gasteiger partial charge on any atom is -0.420 e. The summed E-state index contributed by atoms with van der Waals surface area (Å²) in [6.07, 6.45) is 15.3. The summed E-state index contributed by atoms with van der Waals surface area (Å²) in [5.41, 5.74) is 2.88. The van der Waals surface area contributed by atoms with Crippen LogP contribution >= 0.6 is 0 Å². The topological polar surface area (TPSA) is 60.3 Å². The number of esters is 1. The molecule has 0 fully saturated rings. The second-order valence-electron chi connectivity index (χ2n) is 9.96. The molecule has 0 amide bonds. The molecule has 10 heteroatoms. The van der Waals surface area contributed by atoms with Gasteiger partial charge in [0.1, 0.15) is 6.29 Å². The monoisotopic (exact) mass is 598 g/mol. The Bertz CT molecular complexity index is 1230. The lowest BCUT2D eigenvalue weighted by Crippen LogP contribution is -2.23. The number of unbranched alkanes of at least 4 members (excludes halogenated alkanes) is 7. The van der Waals surface area contributed by atoms with Gasteiger partial charge in [0.25, 0.3) is 0 Å². The highest BCUT2D eigenvalue weighted by Crippen LogP contribution is 2.29. The van der Waals surface area contributed by atoms with E-state index in [9.17, 15) is 26.7 Å². The van der Waals surface area contributed by atoms with E-state index in [0.717, 1.165) is 26.2 Å². The number of carbonyl (C=O) groups excluding carboxylic acids is 2. The number of likely N-dealkylation sites (N-methyl/N-ethyl adjacent to an activating group) is 1. The third-order valence-electron chi connectivity index (χ3n) is 6.56. The van der Waals surface area contributed by atoms with Crippen LogP contribution in [0.1, 0.15) is 84.6 Å². The molecule has 42 heavy (non-hydrogen) atoms. The number of aromatic nitrogens is 1. The summed E-state index contributed by atoms with van der Waals surface area (Å²) in [6.45, 7) is 7.90. The van der Waals surface area contributed by atoms with E-state index in [1.807, 2.05) is 7.05 Å². The maximum absolute atomic E-state index is 12.8. The van der Waals surface area contributed by atoms with Gasteiger partial charge in [-0.3, -0.25) is 4.79 Å². The molecule has 0 bridgehead atoms. The van der Waals surface area contributed by atoms with E-state index >= 15 is 0 Å². The maximum atomic E-state index is 12.8. The van der Waals surface area contributed by atoms with Crippen LogP contribution in [0.5, 0.6) is 5.75 Å². The smallest absolute Gasteiger partial charge is 0.308 e. The van der Waals surface area contributed by atoms with Crippen molar-refractivity contribution in [2.45, 2.75) is 98.1 Å². The number of halogens is 5. The van der Waals surface area contributed by atoms with E-state index in [0.29, 0.717) is 6.04 Å². The Morgan fingerprint density at radius 2 is 1.40 bits per heavy atom. The lowest BCUT2D eigenvalue weighted by Gasteiger charge is -2.08. The summed E-state index contributed by atoms with van der Waals surface area (Å²) in [5.74, 6) is -13.8. The first-order chi connectivity index (χ1) is 20.0. The van der Waals surface area contributed by atoms with Gasteiger partial charge in [0.05, 0.1) is 0 Å². The Morgan fingerprint density at radius 3 is 1.93 bits per heavy atom. The predicted molar refractivity (Wildman–Crippen MR) is 156 cm³/mol. The van der Waals surface area contributed by atoms with Crippen LogP contribution in [-0.2, 0) is 22.6 Å². The average Bonchev–Trinajstić information content (AvgIpc) is 3.32. The van der Waals surface area contributed by atoms with Gasteiger partial charge in [-0.05, 0) is 45.4 Å². The molecule has 1 N–H and O–H groups in total. The Hall–Kier alpha value is -3.27. The lowest BCUT2D eigenvalue weighted by atomic mass is 10.1. The molecule has 1 atom stereocenters. The average molecular weight is 599 g/mol. The summed E-state index contributed by atoms with van der Waals surface area (Å²) in [6, 6.07) is 9.39. The van der Waals surface area contributed by atoms with E-state index in [-0.39, 0.29) is 0 Å². The van der Waals surface area contributed by atoms with Crippen LogP contribution in [0.3, 0.4) is 0 Å². The van der Waals surface area contributed by atoms with E-state index in [1.54, 1.807) is 0 Å². The zero-order valence-electron chi connectivity index (χ0n) is 25.2. The second kappa shape index (κ2) is 19.8. The molecule has 3 rings (SSSR count). The summed E-state index contributed by atoms with van der Waals surface area (Å²) < 4.78 is 69.3. The van der Waals surface area contributed by atoms with Crippen LogP contribution in [-0.4, -0.2) is 29.9 Å². The zero-order chi connectivity index (χ0) is 31.7. The van der Waals surface area contributed by atoms with Crippen LogP contribution in [0, 0.1) is 29.1 Å². The number of benzene rings is 2. The van der Waals surface area contributed by atoms with Crippen LogP contribution in [0.4, 0.5) is 22.0 Å². The molecule has 5 nitrogen and oxygen atoms in total. The van der Waals surface area contributed by atoms with Crippen molar-refractivity contribution in [1.82, 2.24) is 9.88 Å². The van der Waals surface area contributed by atoms with Gasteiger partial charge in [0.15, 0.2) is 0 Å². The summed E-state index contributed by atoms with van der Waals surface area (Å²) in [4.78, 5) is 19.1. The number of aryl methyl sites for hydroxylation is 1. The second-order valence-corrected chi connectivity index (χ2v) is 9.96. The van der Waals surface area contributed by atoms with Crippen molar-refractivity contribution in [2.75, 3.05) is 7.05 Å². The molecule has 0 spiro atoms. The number of rotatable bonds is 13. The van der Waals surface area contributed by atoms with Gasteiger partial charge >= 0.3 is 5.97 Å². The molecule has 1 aromatic heterocycles. The van der Waals surface area contributed by atoms with Gasteiger partial charge in [-0.25, -0.2) is 13.2 Å². The number of fused-ring (bicyclic) bond motifs is 1. The normalized spacial score (nSPS) is 11.3. The molecular formula is C32H43F5N2O3. The fraction of sp³-hybridized carbons (Fsp3) is 0.500. The van der Waals surface area contributed by atoms with Crippen LogP contribution in [0.2, 0.25) is 0 Å². The van der Waals surface area contributed by atoms with Crippen LogP contribution in [0.15, 0.2) is 30.5 Å². The van der Waals surface area contributed by atoms with E-state index < -0.39 is 40.8 Å². The highest BCUT2D eigenvalue weighted by molar-refractivity contribution is 5.84. The number of carbonyl (C=O) groups is 2. The van der Waals surface area contributed by atoms with Crippen LogP contribution in [0.25, 0.3) is 10.9 Å². The number of nitrogens with zero attached hydrogens (tertiary/aromatic N) is 1. The number of hydrogen-bond donors (Lipinski definition) is 1. The highest BCUT2D eigenvalue weighted by atomic mass is 19.2. The summed E-state index contributed by atoms with van der Waals surface area (Å²) >= 11 is 0. The first-order valence-corrected chi connectivity index (χ1v) is 14.4. The number of ether oxygens (including phenoxy) is 1. The third-order valence-corrected chi connectivity index (χ3v) is 6.56. The molecule has 0 radical (unpaired) electrons. The fourth-order valence-electron chi connectivity index (χ4n) is 4.34. The lowest BCUT2D eigenvalue weighted by molar-refractivity contribution is -0.132. The Balaban J connectivity index is 0.000000419. The predicted octanol–water partition coefficient (Wildman–Crippen LogP) is 8.45. The van der Waals surface area contributed by atoms with E-state index in [4.69, 9.17) is 4.79 Å². The van der Waals surface area contributed by atoms with Crippen LogP contribution < -0.4 is 10.1 Å². The van der Waals surface area contributed by atoms with Crippen molar-refractivity contribution >= 4 is 23.2 Å². The SMILES string of the molecule is CC(=O)Oc1c(F)c(F)c(F)c(F)c1F.CC=O.CCCCCCCCCCn1cc(CC(C)NC)c2ccccc21. The summed E-state index contributed by atoms with van der Waals surface area (Å²) in [5, 5.41) is 4.79. The number of aldehydes is 1. The Morgan fingerprint density at radius 1 is 0.905 bits per heavy atom. The molecule has 1 unspecified atom stereocenters. The van der Waals surface area contributed by atoms with Gasteiger partial charge < -0.3 is 19.4 Å². The van der Waals surface area contributed by atoms with Crippen molar-refractivity contribution in [2.24, 2.45) is 0 Å². The molecule has 0 aliphatic rings. The quantitative estimate of drug-likeness (QED) is 0.0408. The van der Waals surface area contributed by atoms with E-state index in [2.05, 4.69) is 58.9 Å². The molecule has 3 aromatic rings. The molecular weight excluding hydrogens is 555 g/mol. The van der Waals surface area contributed by atoms with Crippen molar-refractivity contribution in [3.8, 4) is 5.75 Å². The molecule has 0 aliphatic heterocycles. The number of para-hydroxylation sites is 1. The summed E-state index contributed by atoms with van der Waals surface area (Å²) in [7, 11) is 2.05. The van der Waals surface area contributed by atoms with Gasteiger partial charge in [0, 0.05) is 36.6 Å². The zero-order valence-corrected chi connectivity index (χ0v) is 25.2. The molecule has 1 heterocycles. The van der Waals surface area contributed by atoms with E-state index in [1.165, 1.54) is 74.8 Å². The highest BCUT2D eigenvalue weighted by Gasteiger charge is 2.27. The van der Waals surface area contributed by atoms with Crippen molar-refractivity contribution in [3.05, 3.63) is 65.1 Å². The first-order valence-electron chi connectivity index (χ1n) is 14.4. The van der Waals surface area contributed by atoms with Gasteiger partial charge in [-0.15, -0.1) is 0 Å². The first kappa shape index (κ1) is 36.8. The van der Waals surface area contributed by atoms with Crippen molar-refractivity contribution in [1.29, 1.82) is 0 Å².